The minimum atomic E-state index is 0.891. The molecular weight excluding hydrogens is 312 g/mol. The van der Waals surface area contributed by atoms with Gasteiger partial charge in [0.05, 0.1) is 0 Å². The Bertz CT molecular complexity index is 230. The quantitative estimate of drug-likeness (QED) is 0.167. The Kier molecular flexibility index (Phi) is 23.0. The van der Waals surface area contributed by atoms with Crippen LogP contribution in [0.25, 0.3) is 0 Å². The Morgan fingerprint density at radius 2 is 0.808 bits per heavy atom. The SMILES string of the molecule is CCCCCCCCCCCCCCCC[CH]CCCCCCC(C)C. The molecule has 0 atom stereocenters. The molecule has 0 bridgehead atoms. The fourth-order valence-electron chi connectivity index (χ4n) is 3.82. The molecule has 0 aromatic rings. The standard InChI is InChI=1S/C26H53/c1-4-5-6-7-8-9-10-11-12-13-14-15-16-17-18-19-20-21-22-23-24-25-26(2)3/h19,26H,4-18,20-25H2,1-3H3. The predicted molar refractivity (Wildman–Crippen MR) is 122 cm³/mol. The van der Waals surface area contributed by atoms with E-state index < -0.39 is 0 Å². The summed E-state index contributed by atoms with van der Waals surface area (Å²) in [5.41, 5.74) is 0. The van der Waals surface area contributed by atoms with Crippen LogP contribution in [0, 0.1) is 12.3 Å². The minimum absolute atomic E-state index is 0.891. The van der Waals surface area contributed by atoms with Gasteiger partial charge in [-0.3, -0.25) is 0 Å². The summed E-state index contributed by atoms with van der Waals surface area (Å²) in [6.45, 7) is 6.98. The van der Waals surface area contributed by atoms with Crippen molar-refractivity contribution in [2.75, 3.05) is 0 Å². The van der Waals surface area contributed by atoms with E-state index in [0.29, 0.717) is 0 Å². The van der Waals surface area contributed by atoms with Crippen molar-refractivity contribution in [3.05, 3.63) is 6.42 Å². The molecule has 26 heavy (non-hydrogen) atoms. The molecule has 0 fully saturated rings. The number of hydrogen-bond donors (Lipinski definition) is 0. The van der Waals surface area contributed by atoms with Crippen LogP contribution in [0.1, 0.15) is 156 Å². The second kappa shape index (κ2) is 23.0. The Morgan fingerprint density at radius 3 is 1.19 bits per heavy atom. The summed E-state index contributed by atoms with van der Waals surface area (Å²) in [4.78, 5) is 0. The van der Waals surface area contributed by atoms with Crippen LogP contribution < -0.4 is 0 Å². The van der Waals surface area contributed by atoms with Gasteiger partial charge < -0.3 is 0 Å². The molecule has 0 unspecified atom stereocenters. The van der Waals surface area contributed by atoms with E-state index in [0.717, 1.165) is 5.92 Å². The normalized spacial score (nSPS) is 11.5. The first kappa shape index (κ1) is 26.0. The Balaban J connectivity index is 2.97. The van der Waals surface area contributed by atoms with Gasteiger partial charge in [0.15, 0.2) is 0 Å². The maximum Gasteiger partial charge on any atom is -0.0386 e. The maximum absolute atomic E-state index is 2.56. The number of hydrogen-bond acceptors (Lipinski definition) is 0. The van der Waals surface area contributed by atoms with Crippen molar-refractivity contribution >= 4 is 0 Å². The summed E-state index contributed by atoms with van der Waals surface area (Å²) in [5.74, 6) is 0.891. The van der Waals surface area contributed by atoms with Gasteiger partial charge in [-0.25, -0.2) is 0 Å². The van der Waals surface area contributed by atoms with E-state index in [2.05, 4.69) is 27.2 Å². The molecule has 0 spiro atoms. The van der Waals surface area contributed by atoms with Crippen molar-refractivity contribution < 1.29 is 0 Å². The van der Waals surface area contributed by atoms with E-state index >= 15 is 0 Å². The van der Waals surface area contributed by atoms with Crippen molar-refractivity contribution in [3.8, 4) is 0 Å². The maximum atomic E-state index is 2.56. The third-order valence-corrected chi connectivity index (χ3v) is 5.70. The van der Waals surface area contributed by atoms with E-state index in [1.807, 2.05) is 0 Å². The summed E-state index contributed by atoms with van der Waals surface area (Å²) in [6.07, 6.45) is 33.0. The van der Waals surface area contributed by atoms with Crippen molar-refractivity contribution in [1.29, 1.82) is 0 Å². The van der Waals surface area contributed by atoms with Crippen LogP contribution >= 0.6 is 0 Å². The second-order valence-corrected chi connectivity index (χ2v) is 9.06. The molecule has 0 aromatic carbocycles. The van der Waals surface area contributed by atoms with Gasteiger partial charge in [0.1, 0.15) is 0 Å². The molecular formula is C26H53. The third kappa shape index (κ3) is 24.0. The van der Waals surface area contributed by atoms with Gasteiger partial charge in [-0.15, -0.1) is 0 Å². The fraction of sp³-hybridized carbons (Fsp3) is 0.962. The highest BCUT2D eigenvalue weighted by Gasteiger charge is 1.96. The highest BCUT2D eigenvalue weighted by Crippen LogP contribution is 2.15. The molecule has 0 saturated heterocycles. The number of rotatable bonds is 22. The largest absolute Gasteiger partial charge is 0.0654 e. The van der Waals surface area contributed by atoms with Gasteiger partial charge in [-0.2, -0.15) is 0 Å². The molecule has 0 aliphatic carbocycles. The lowest BCUT2D eigenvalue weighted by Gasteiger charge is -2.05. The summed E-state index contributed by atoms with van der Waals surface area (Å²) in [7, 11) is 0. The van der Waals surface area contributed by atoms with Crippen LogP contribution in [-0.2, 0) is 0 Å². The smallest absolute Gasteiger partial charge is 0.0386 e. The molecule has 0 aromatic heterocycles. The molecule has 0 heterocycles. The zero-order valence-electron chi connectivity index (χ0n) is 19.0. The molecule has 0 aliphatic rings. The lowest BCUT2D eigenvalue weighted by Crippen LogP contribution is -1.87. The van der Waals surface area contributed by atoms with Gasteiger partial charge in [0.25, 0.3) is 0 Å². The van der Waals surface area contributed by atoms with E-state index in [4.69, 9.17) is 0 Å². The highest BCUT2D eigenvalue weighted by molar-refractivity contribution is 4.64. The summed E-state index contributed by atoms with van der Waals surface area (Å²) in [5, 5.41) is 0. The van der Waals surface area contributed by atoms with E-state index in [-0.39, 0.29) is 0 Å². The Labute approximate surface area is 168 Å². The average molecular weight is 366 g/mol. The van der Waals surface area contributed by atoms with E-state index in [1.54, 1.807) is 0 Å². The number of unbranched alkanes of at least 4 members (excludes halogenated alkanes) is 20. The topological polar surface area (TPSA) is 0 Å². The van der Waals surface area contributed by atoms with Crippen LogP contribution in [0.2, 0.25) is 0 Å². The summed E-state index contributed by atoms with van der Waals surface area (Å²) >= 11 is 0. The highest BCUT2D eigenvalue weighted by atomic mass is 14.0. The lowest BCUT2D eigenvalue weighted by molar-refractivity contribution is 0.516. The van der Waals surface area contributed by atoms with Crippen LogP contribution in [0.3, 0.4) is 0 Å². The zero-order valence-corrected chi connectivity index (χ0v) is 19.0. The zero-order chi connectivity index (χ0) is 19.1. The first-order valence-corrected chi connectivity index (χ1v) is 12.6. The third-order valence-electron chi connectivity index (χ3n) is 5.70. The van der Waals surface area contributed by atoms with E-state index in [9.17, 15) is 0 Å². The molecule has 0 aliphatic heterocycles. The molecule has 0 rings (SSSR count). The van der Waals surface area contributed by atoms with Crippen LogP contribution in [-0.4, -0.2) is 0 Å². The van der Waals surface area contributed by atoms with Crippen molar-refractivity contribution in [2.45, 2.75) is 156 Å². The average Bonchev–Trinajstić information content (AvgIpc) is 2.62. The molecule has 0 amide bonds. The fourth-order valence-corrected chi connectivity index (χ4v) is 3.82. The van der Waals surface area contributed by atoms with Crippen molar-refractivity contribution in [2.24, 2.45) is 5.92 Å². The predicted octanol–water partition coefficient (Wildman–Crippen LogP) is 10.1. The van der Waals surface area contributed by atoms with Gasteiger partial charge in [-0.05, 0) is 12.3 Å². The van der Waals surface area contributed by atoms with Gasteiger partial charge in [0, 0.05) is 0 Å². The lowest BCUT2D eigenvalue weighted by atomic mass is 10.0. The van der Waals surface area contributed by atoms with Gasteiger partial charge in [0.2, 0.25) is 0 Å². The van der Waals surface area contributed by atoms with Crippen LogP contribution in [0.5, 0.6) is 0 Å². The minimum Gasteiger partial charge on any atom is -0.0654 e. The molecule has 0 heteroatoms. The Morgan fingerprint density at radius 1 is 0.462 bits per heavy atom. The first-order chi connectivity index (χ1) is 12.8. The monoisotopic (exact) mass is 365 g/mol. The van der Waals surface area contributed by atoms with Crippen molar-refractivity contribution in [3.63, 3.8) is 0 Å². The van der Waals surface area contributed by atoms with Crippen LogP contribution in [0.15, 0.2) is 0 Å². The van der Waals surface area contributed by atoms with Gasteiger partial charge in [-0.1, -0.05) is 156 Å². The summed E-state index contributed by atoms with van der Waals surface area (Å²) in [6, 6.07) is 0. The van der Waals surface area contributed by atoms with Crippen LogP contribution in [0.4, 0.5) is 0 Å². The molecule has 0 nitrogen and oxygen atoms in total. The van der Waals surface area contributed by atoms with E-state index in [1.165, 1.54) is 135 Å². The Hall–Kier alpha value is 0. The first-order valence-electron chi connectivity index (χ1n) is 12.6. The molecule has 0 saturated carbocycles. The molecule has 0 N–H and O–H groups in total. The second-order valence-electron chi connectivity index (χ2n) is 9.06. The van der Waals surface area contributed by atoms with Crippen molar-refractivity contribution in [1.82, 2.24) is 0 Å². The molecule has 1 radical (unpaired) electrons. The molecule has 157 valence electrons. The summed E-state index contributed by atoms with van der Waals surface area (Å²) < 4.78 is 0. The van der Waals surface area contributed by atoms with Gasteiger partial charge >= 0.3 is 0 Å².